The maximum Gasteiger partial charge on any atom is 0.305 e. The van der Waals surface area contributed by atoms with Gasteiger partial charge in [-0.15, -0.1) is 0 Å². The molecule has 4 rings (SSSR count). The molecule has 0 aromatic rings. The SMILES string of the molecule is CCCCC1([C@@H](/C=C/[C@@H]2[C@@H](C/C=C\CCCC(=O)OC)[C@@H](O)C[C@H]2OC2CCCCO2)OC2CCCCO2)CCC1. The molecule has 7 nitrogen and oxygen atoms in total. The van der Waals surface area contributed by atoms with Crippen molar-refractivity contribution in [1.82, 2.24) is 0 Å². The van der Waals surface area contributed by atoms with Gasteiger partial charge in [0.25, 0.3) is 0 Å². The third kappa shape index (κ3) is 9.62. The van der Waals surface area contributed by atoms with E-state index in [0.29, 0.717) is 12.8 Å². The van der Waals surface area contributed by atoms with E-state index < -0.39 is 6.10 Å². The normalized spacial score (nSPS) is 32.8. The van der Waals surface area contributed by atoms with Crippen molar-refractivity contribution in [3.63, 3.8) is 0 Å². The smallest absolute Gasteiger partial charge is 0.305 e. The highest BCUT2D eigenvalue weighted by Gasteiger charge is 2.46. The van der Waals surface area contributed by atoms with Crippen molar-refractivity contribution in [3.05, 3.63) is 24.3 Å². The quantitative estimate of drug-likeness (QED) is 0.120. The second-order valence-electron chi connectivity index (χ2n) is 12.7. The lowest BCUT2D eigenvalue weighted by molar-refractivity contribution is -0.211. The molecular weight excluding hydrogens is 520 g/mol. The summed E-state index contributed by atoms with van der Waals surface area (Å²) in [5.74, 6) is -0.0218. The Kier molecular flexibility index (Phi) is 13.7. The summed E-state index contributed by atoms with van der Waals surface area (Å²) in [4.78, 5) is 11.4. The molecule has 234 valence electrons. The summed E-state index contributed by atoms with van der Waals surface area (Å²) in [5, 5.41) is 11.2. The van der Waals surface area contributed by atoms with E-state index in [4.69, 9.17) is 23.7 Å². The molecule has 2 unspecified atom stereocenters. The largest absolute Gasteiger partial charge is 0.469 e. The van der Waals surface area contributed by atoms with Gasteiger partial charge in [-0.2, -0.15) is 0 Å². The fraction of sp³-hybridized carbons (Fsp3) is 0.853. The van der Waals surface area contributed by atoms with Gasteiger partial charge in [0.1, 0.15) is 0 Å². The molecule has 7 heteroatoms. The zero-order valence-corrected chi connectivity index (χ0v) is 25.7. The predicted octanol–water partition coefficient (Wildman–Crippen LogP) is 7.01. The Balaban J connectivity index is 1.48. The molecule has 0 radical (unpaired) electrons. The van der Waals surface area contributed by atoms with Gasteiger partial charge in [0, 0.05) is 37.4 Å². The number of carbonyl (C=O) groups is 1. The van der Waals surface area contributed by atoms with E-state index in [1.807, 2.05) is 0 Å². The van der Waals surface area contributed by atoms with Crippen LogP contribution in [0.2, 0.25) is 0 Å². The van der Waals surface area contributed by atoms with Crippen molar-refractivity contribution in [1.29, 1.82) is 0 Å². The molecule has 41 heavy (non-hydrogen) atoms. The van der Waals surface area contributed by atoms with Crippen molar-refractivity contribution in [2.75, 3.05) is 20.3 Å². The summed E-state index contributed by atoms with van der Waals surface area (Å²) in [5.41, 5.74) is 0.183. The van der Waals surface area contributed by atoms with Gasteiger partial charge in [-0.3, -0.25) is 4.79 Å². The number of hydrogen-bond donors (Lipinski definition) is 1. The molecule has 1 N–H and O–H groups in total. The molecule has 4 aliphatic rings. The number of aliphatic hydroxyl groups is 1. The molecule has 4 fully saturated rings. The lowest BCUT2D eigenvalue weighted by atomic mass is 9.62. The van der Waals surface area contributed by atoms with Crippen LogP contribution >= 0.6 is 0 Å². The Morgan fingerprint density at radius 2 is 1.78 bits per heavy atom. The van der Waals surface area contributed by atoms with E-state index in [0.717, 1.165) is 71.0 Å². The number of unbranched alkanes of at least 4 members (excludes halogenated alkanes) is 2. The molecule has 2 saturated carbocycles. The first-order valence-corrected chi connectivity index (χ1v) is 16.7. The van der Waals surface area contributed by atoms with Crippen LogP contribution in [-0.4, -0.2) is 62.3 Å². The van der Waals surface area contributed by atoms with Crippen molar-refractivity contribution in [2.24, 2.45) is 17.3 Å². The molecule has 0 bridgehead atoms. The molecular formula is C34H56O7. The van der Waals surface area contributed by atoms with Crippen LogP contribution in [0.1, 0.15) is 116 Å². The fourth-order valence-electron chi connectivity index (χ4n) is 7.12. The average Bonchev–Trinajstić information content (AvgIpc) is 3.26. The lowest BCUT2D eigenvalue weighted by Gasteiger charge is -2.48. The third-order valence-corrected chi connectivity index (χ3v) is 9.84. The van der Waals surface area contributed by atoms with Gasteiger partial charge < -0.3 is 28.8 Å². The van der Waals surface area contributed by atoms with Crippen molar-refractivity contribution < 1.29 is 33.6 Å². The molecule has 0 spiro atoms. The van der Waals surface area contributed by atoms with Crippen molar-refractivity contribution >= 4 is 5.97 Å². The van der Waals surface area contributed by atoms with E-state index in [9.17, 15) is 9.90 Å². The summed E-state index contributed by atoms with van der Waals surface area (Å²) < 4.78 is 30.0. The number of ether oxygens (including phenoxy) is 5. The Hall–Kier alpha value is -1.25. The molecule has 2 heterocycles. The van der Waals surface area contributed by atoms with Crippen LogP contribution in [0, 0.1) is 17.3 Å². The molecule has 0 aromatic heterocycles. The Morgan fingerprint density at radius 3 is 2.41 bits per heavy atom. The summed E-state index contributed by atoms with van der Waals surface area (Å²) >= 11 is 0. The number of aliphatic hydroxyl groups excluding tert-OH is 1. The van der Waals surface area contributed by atoms with Crippen molar-refractivity contribution in [2.45, 2.75) is 147 Å². The van der Waals surface area contributed by atoms with E-state index in [2.05, 4.69) is 31.2 Å². The molecule has 2 saturated heterocycles. The molecule has 0 amide bonds. The third-order valence-electron chi connectivity index (χ3n) is 9.84. The van der Waals surface area contributed by atoms with Crippen LogP contribution in [0.25, 0.3) is 0 Å². The minimum atomic E-state index is -0.434. The minimum Gasteiger partial charge on any atom is -0.469 e. The Bertz CT molecular complexity index is 810. The Morgan fingerprint density at radius 1 is 1.02 bits per heavy atom. The Labute approximate surface area is 248 Å². The summed E-state index contributed by atoms with van der Waals surface area (Å²) in [7, 11) is 1.43. The highest BCUT2D eigenvalue weighted by molar-refractivity contribution is 5.69. The summed E-state index contributed by atoms with van der Waals surface area (Å²) in [6.07, 6.45) is 25.2. The van der Waals surface area contributed by atoms with Crippen LogP contribution in [0.4, 0.5) is 0 Å². The summed E-state index contributed by atoms with van der Waals surface area (Å²) in [6, 6.07) is 0. The van der Waals surface area contributed by atoms with E-state index in [1.54, 1.807) is 0 Å². The average molecular weight is 577 g/mol. The van der Waals surface area contributed by atoms with E-state index >= 15 is 0 Å². The number of rotatable bonds is 16. The van der Waals surface area contributed by atoms with Crippen LogP contribution in [0.15, 0.2) is 24.3 Å². The number of allylic oxidation sites excluding steroid dienone is 2. The van der Waals surface area contributed by atoms with Gasteiger partial charge in [-0.05, 0) is 83.0 Å². The minimum absolute atomic E-state index is 0.0183. The molecule has 2 aliphatic carbocycles. The van der Waals surface area contributed by atoms with Crippen LogP contribution in [-0.2, 0) is 28.5 Å². The zero-order chi connectivity index (χ0) is 28.9. The van der Waals surface area contributed by atoms with Gasteiger partial charge in [0.2, 0.25) is 0 Å². The van der Waals surface area contributed by atoms with Gasteiger partial charge >= 0.3 is 5.97 Å². The number of methoxy groups -OCH3 is 1. The van der Waals surface area contributed by atoms with Gasteiger partial charge in [-0.25, -0.2) is 0 Å². The predicted molar refractivity (Wildman–Crippen MR) is 159 cm³/mol. The second-order valence-corrected chi connectivity index (χ2v) is 12.7. The number of hydrogen-bond acceptors (Lipinski definition) is 7. The first-order valence-electron chi connectivity index (χ1n) is 16.7. The van der Waals surface area contributed by atoms with Crippen LogP contribution < -0.4 is 0 Å². The van der Waals surface area contributed by atoms with Crippen molar-refractivity contribution in [3.8, 4) is 0 Å². The van der Waals surface area contributed by atoms with E-state index in [1.165, 1.54) is 45.6 Å². The first-order chi connectivity index (χ1) is 20.0. The first kappa shape index (κ1) is 32.7. The molecule has 0 aromatic carbocycles. The van der Waals surface area contributed by atoms with E-state index in [-0.39, 0.29) is 48.0 Å². The number of esters is 1. The summed E-state index contributed by atoms with van der Waals surface area (Å²) in [6.45, 7) is 3.80. The van der Waals surface area contributed by atoms with Gasteiger partial charge in [0.15, 0.2) is 12.6 Å². The molecule has 7 atom stereocenters. The number of carbonyl (C=O) groups excluding carboxylic acids is 1. The standard InChI is InChI=1S/C34H56O7/c1-3-4-20-34(21-13-22-34)30(41-33-17-10-12-24-39-33)19-18-27-26(14-7-5-6-8-15-31(36)37-2)28(35)25-29(27)40-32-16-9-11-23-38-32/h5,7,18-19,26-30,32-33,35H,3-4,6,8-17,20-25H2,1-2H3/b7-5-,19-18+/t26-,27-,28+,29-,30-,32?,33?/m1/s1. The highest BCUT2D eigenvalue weighted by Crippen LogP contribution is 2.50. The molecule has 2 aliphatic heterocycles. The topological polar surface area (TPSA) is 83.5 Å². The maximum absolute atomic E-state index is 11.4. The van der Waals surface area contributed by atoms with Gasteiger partial charge in [-0.1, -0.05) is 50.5 Å². The monoisotopic (exact) mass is 576 g/mol. The second kappa shape index (κ2) is 17.1. The van der Waals surface area contributed by atoms with Crippen LogP contribution in [0.3, 0.4) is 0 Å². The fourth-order valence-corrected chi connectivity index (χ4v) is 7.12. The maximum atomic E-state index is 11.4. The lowest BCUT2D eigenvalue weighted by Crippen LogP contribution is -2.44. The van der Waals surface area contributed by atoms with Crippen LogP contribution in [0.5, 0.6) is 0 Å². The zero-order valence-electron chi connectivity index (χ0n) is 25.7. The van der Waals surface area contributed by atoms with Gasteiger partial charge in [0.05, 0.1) is 25.4 Å². The highest BCUT2D eigenvalue weighted by atomic mass is 16.7.